The van der Waals surface area contributed by atoms with Gasteiger partial charge in [0.25, 0.3) is 5.17 Å². The molecule has 152 valence electrons. The number of unbranched alkanes of at least 4 members (excludes halogenated alkanes) is 14. The largest absolute Gasteiger partial charge is 0.399 e. The van der Waals surface area contributed by atoms with Gasteiger partial charge in [0, 0.05) is 13.0 Å². The lowest BCUT2D eigenvalue weighted by Gasteiger charge is -2.06. The molecule has 0 aliphatic carbocycles. The maximum Gasteiger partial charge on any atom is 0.313 e. The first-order chi connectivity index (χ1) is 12.7. The number of thiocarbonyl (C=S) groups is 1. The van der Waals surface area contributed by atoms with Gasteiger partial charge in [-0.05, 0) is 18.6 Å². The first kappa shape index (κ1) is 25.1. The lowest BCUT2D eigenvalue weighted by Crippen LogP contribution is -2.26. The standard InChI is InChI=1S/C22H41NO2S/c1-3-5-6-7-8-9-10-11-12-13-14-15-16-17-18-19-21(24)25-22(26)23-20-4-2/h4H,2-3,5-20H2,1H3,(H,23,26). The van der Waals surface area contributed by atoms with Gasteiger partial charge in [-0.25, -0.2) is 0 Å². The van der Waals surface area contributed by atoms with Gasteiger partial charge in [0.2, 0.25) is 0 Å². The van der Waals surface area contributed by atoms with Crippen LogP contribution in [0.4, 0.5) is 0 Å². The third-order valence-corrected chi connectivity index (χ3v) is 4.81. The van der Waals surface area contributed by atoms with E-state index in [1.807, 2.05) is 0 Å². The predicted molar refractivity (Wildman–Crippen MR) is 116 cm³/mol. The number of ether oxygens (including phenoxy) is 1. The van der Waals surface area contributed by atoms with E-state index < -0.39 is 0 Å². The molecule has 0 atom stereocenters. The van der Waals surface area contributed by atoms with E-state index in [9.17, 15) is 4.79 Å². The molecule has 0 fully saturated rings. The molecule has 0 aliphatic rings. The number of rotatable bonds is 18. The molecule has 0 heterocycles. The lowest BCUT2D eigenvalue weighted by atomic mass is 10.0. The highest BCUT2D eigenvalue weighted by molar-refractivity contribution is 7.80. The summed E-state index contributed by atoms with van der Waals surface area (Å²) < 4.78 is 5.01. The molecule has 0 aliphatic heterocycles. The number of carbonyl (C=O) groups excluding carboxylic acids is 1. The number of hydrogen-bond donors (Lipinski definition) is 1. The lowest BCUT2D eigenvalue weighted by molar-refractivity contribution is -0.135. The Morgan fingerprint density at radius 1 is 0.846 bits per heavy atom. The van der Waals surface area contributed by atoms with Gasteiger partial charge < -0.3 is 10.1 Å². The van der Waals surface area contributed by atoms with Crippen molar-refractivity contribution in [2.45, 2.75) is 110 Å². The van der Waals surface area contributed by atoms with Crippen LogP contribution in [-0.4, -0.2) is 17.7 Å². The van der Waals surface area contributed by atoms with Gasteiger partial charge in [-0.2, -0.15) is 0 Å². The maximum atomic E-state index is 11.6. The zero-order valence-electron chi connectivity index (χ0n) is 17.0. The van der Waals surface area contributed by atoms with Gasteiger partial charge in [-0.1, -0.05) is 103 Å². The van der Waals surface area contributed by atoms with Gasteiger partial charge in [0.1, 0.15) is 0 Å². The Morgan fingerprint density at radius 3 is 1.69 bits per heavy atom. The van der Waals surface area contributed by atoms with Crippen LogP contribution in [-0.2, 0) is 9.53 Å². The first-order valence-corrected chi connectivity index (χ1v) is 11.2. The maximum absolute atomic E-state index is 11.6. The second kappa shape index (κ2) is 20.4. The summed E-state index contributed by atoms with van der Waals surface area (Å²) in [5, 5.41) is 2.94. The van der Waals surface area contributed by atoms with Crippen molar-refractivity contribution in [3.63, 3.8) is 0 Å². The Balaban J connectivity index is 3.20. The molecule has 26 heavy (non-hydrogen) atoms. The molecule has 3 nitrogen and oxygen atoms in total. The number of esters is 1. The first-order valence-electron chi connectivity index (χ1n) is 10.8. The smallest absolute Gasteiger partial charge is 0.313 e. The Morgan fingerprint density at radius 2 is 1.27 bits per heavy atom. The van der Waals surface area contributed by atoms with Crippen LogP contribution in [0, 0.1) is 0 Å². The molecule has 0 saturated heterocycles. The van der Waals surface area contributed by atoms with E-state index in [-0.39, 0.29) is 11.1 Å². The molecule has 0 saturated carbocycles. The summed E-state index contributed by atoms with van der Waals surface area (Å²) in [5.41, 5.74) is 0. The van der Waals surface area contributed by atoms with Crippen molar-refractivity contribution < 1.29 is 9.53 Å². The fraction of sp³-hybridized carbons (Fsp3) is 0.818. The molecule has 0 bridgehead atoms. The van der Waals surface area contributed by atoms with Gasteiger partial charge in [-0.15, -0.1) is 6.58 Å². The summed E-state index contributed by atoms with van der Waals surface area (Å²) in [6.07, 6.45) is 22.0. The molecule has 0 rings (SSSR count). The van der Waals surface area contributed by atoms with Crippen molar-refractivity contribution in [1.82, 2.24) is 5.32 Å². The highest BCUT2D eigenvalue weighted by Crippen LogP contribution is 2.13. The van der Waals surface area contributed by atoms with Crippen molar-refractivity contribution in [2.75, 3.05) is 6.54 Å². The van der Waals surface area contributed by atoms with Gasteiger partial charge in [0.05, 0.1) is 0 Å². The summed E-state index contributed by atoms with van der Waals surface area (Å²) in [7, 11) is 0. The Hall–Kier alpha value is -0.900. The summed E-state index contributed by atoms with van der Waals surface area (Å²) >= 11 is 4.90. The average Bonchev–Trinajstić information content (AvgIpc) is 2.63. The van der Waals surface area contributed by atoms with Crippen LogP contribution in [0.1, 0.15) is 110 Å². The zero-order chi connectivity index (χ0) is 19.3. The van der Waals surface area contributed by atoms with Crippen LogP contribution in [0.5, 0.6) is 0 Å². The van der Waals surface area contributed by atoms with E-state index in [4.69, 9.17) is 17.0 Å². The van der Waals surface area contributed by atoms with Crippen LogP contribution in [0.3, 0.4) is 0 Å². The summed E-state index contributed by atoms with van der Waals surface area (Å²) in [6, 6.07) is 0. The van der Waals surface area contributed by atoms with Gasteiger partial charge in [-0.3, -0.25) is 4.79 Å². The van der Waals surface area contributed by atoms with Crippen LogP contribution in [0.15, 0.2) is 12.7 Å². The predicted octanol–water partition coefficient (Wildman–Crippen LogP) is 6.85. The molecular formula is C22H41NO2S. The molecule has 0 radical (unpaired) electrons. The van der Waals surface area contributed by atoms with Crippen molar-refractivity contribution in [3.05, 3.63) is 12.7 Å². The normalized spacial score (nSPS) is 10.5. The summed E-state index contributed by atoms with van der Waals surface area (Å²) in [4.78, 5) is 11.6. The highest BCUT2D eigenvalue weighted by Gasteiger charge is 2.05. The summed E-state index contributed by atoms with van der Waals surface area (Å²) in [5.74, 6) is -0.235. The van der Waals surface area contributed by atoms with Crippen LogP contribution >= 0.6 is 12.2 Å². The topological polar surface area (TPSA) is 38.3 Å². The second-order valence-corrected chi connectivity index (χ2v) is 7.50. The molecule has 0 unspecified atom stereocenters. The van der Waals surface area contributed by atoms with Crippen LogP contribution in [0.2, 0.25) is 0 Å². The van der Waals surface area contributed by atoms with Gasteiger partial charge in [0.15, 0.2) is 0 Å². The molecule has 0 amide bonds. The second-order valence-electron chi connectivity index (χ2n) is 7.13. The molecule has 0 spiro atoms. The van der Waals surface area contributed by atoms with Crippen molar-refractivity contribution >= 4 is 23.4 Å². The number of nitrogens with one attached hydrogen (secondary N) is 1. The van der Waals surface area contributed by atoms with Crippen molar-refractivity contribution in [1.29, 1.82) is 0 Å². The van der Waals surface area contributed by atoms with E-state index in [1.54, 1.807) is 6.08 Å². The minimum atomic E-state index is -0.235. The Kier molecular flexibility index (Phi) is 19.7. The molecule has 1 N–H and O–H groups in total. The van der Waals surface area contributed by atoms with E-state index in [2.05, 4.69) is 18.8 Å². The third-order valence-electron chi connectivity index (χ3n) is 4.58. The average molecular weight is 384 g/mol. The van der Waals surface area contributed by atoms with Crippen LogP contribution < -0.4 is 5.32 Å². The molecule has 4 heteroatoms. The van der Waals surface area contributed by atoms with Crippen LogP contribution in [0.25, 0.3) is 0 Å². The number of hydrogen-bond acceptors (Lipinski definition) is 3. The summed E-state index contributed by atoms with van der Waals surface area (Å²) in [6.45, 7) is 6.36. The Bertz CT molecular complexity index is 358. The molecule has 0 aromatic carbocycles. The zero-order valence-corrected chi connectivity index (χ0v) is 17.8. The van der Waals surface area contributed by atoms with E-state index in [0.29, 0.717) is 13.0 Å². The quantitative estimate of drug-likeness (QED) is 0.121. The van der Waals surface area contributed by atoms with E-state index in [0.717, 1.165) is 12.8 Å². The van der Waals surface area contributed by atoms with Gasteiger partial charge >= 0.3 is 5.97 Å². The van der Waals surface area contributed by atoms with Crippen molar-refractivity contribution in [3.8, 4) is 0 Å². The van der Waals surface area contributed by atoms with E-state index in [1.165, 1.54) is 83.5 Å². The Labute approximate surface area is 167 Å². The SMILES string of the molecule is C=CCNC(=S)OC(=O)CCCCCCCCCCCCCCCCC. The van der Waals surface area contributed by atoms with E-state index >= 15 is 0 Å². The molecular weight excluding hydrogens is 342 g/mol. The number of carbonyl (C=O) groups is 1. The molecule has 0 aromatic rings. The fourth-order valence-electron chi connectivity index (χ4n) is 2.99. The van der Waals surface area contributed by atoms with Crippen molar-refractivity contribution in [2.24, 2.45) is 0 Å². The minimum absolute atomic E-state index is 0.149. The highest BCUT2D eigenvalue weighted by atomic mass is 32.1. The third kappa shape index (κ3) is 19.4. The fourth-order valence-corrected chi connectivity index (χ4v) is 3.16. The molecule has 0 aromatic heterocycles. The monoisotopic (exact) mass is 383 g/mol. The minimum Gasteiger partial charge on any atom is -0.399 e.